The predicted molar refractivity (Wildman–Crippen MR) is 124 cm³/mol. The van der Waals surface area contributed by atoms with Crippen molar-refractivity contribution in [3.63, 3.8) is 0 Å². The van der Waals surface area contributed by atoms with Crippen LogP contribution in [0.1, 0.15) is 18.1 Å². The summed E-state index contributed by atoms with van der Waals surface area (Å²) in [6.45, 7) is 1.90. The van der Waals surface area contributed by atoms with Crippen molar-refractivity contribution in [1.29, 1.82) is 0 Å². The van der Waals surface area contributed by atoms with Crippen LogP contribution in [0, 0.1) is 0 Å². The summed E-state index contributed by atoms with van der Waals surface area (Å²) in [6, 6.07) is 20.6. The lowest BCUT2D eigenvalue weighted by atomic mass is 10.1. The highest BCUT2D eigenvalue weighted by molar-refractivity contribution is 8.18. The lowest BCUT2D eigenvalue weighted by Crippen LogP contribution is -2.42. The number of hydrogen-bond donors (Lipinski definition) is 0. The van der Waals surface area contributed by atoms with Gasteiger partial charge in [0.1, 0.15) is 18.4 Å². The van der Waals surface area contributed by atoms with Gasteiger partial charge in [0.2, 0.25) is 0 Å². The van der Waals surface area contributed by atoms with Crippen molar-refractivity contribution < 1.29 is 23.9 Å². The van der Waals surface area contributed by atoms with Gasteiger partial charge >= 0.3 is 5.97 Å². The Morgan fingerprint density at radius 1 is 1.03 bits per heavy atom. The number of hydrogen-bond acceptors (Lipinski definition) is 6. The number of benzene rings is 3. The molecule has 32 heavy (non-hydrogen) atoms. The molecule has 0 unspecified atom stereocenters. The van der Waals surface area contributed by atoms with Crippen LogP contribution in [-0.4, -0.2) is 35.2 Å². The molecule has 1 aliphatic rings. The van der Waals surface area contributed by atoms with Crippen LogP contribution < -0.4 is 4.74 Å². The van der Waals surface area contributed by atoms with Crippen molar-refractivity contribution >= 4 is 45.7 Å². The first-order valence-electron chi connectivity index (χ1n) is 10.0. The lowest BCUT2D eigenvalue weighted by molar-refractivity contribution is -0.148. The van der Waals surface area contributed by atoms with Gasteiger partial charge in [-0.1, -0.05) is 54.6 Å². The first-order chi connectivity index (χ1) is 15.5. The summed E-state index contributed by atoms with van der Waals surface area (Å²) in [4.78, 5) is 37.7. The number of thioether (sulfide) groups is 1. The van der Waals surface area contributed by atoms with Gasteiger partial charge in [-0.2, -0.15) is 0 Å². The molecule has 0 bridgehead atoms. The molecule has 0 spiro atoms. The molecule has 0 radical (unpaired) electrons. The lowest BCUT2D eigenvalue weighted by Gasteiger charge is -2.18. The molecule has 1 heterocycles. The molecule has 0 N–H and O–H groups in total. The van der Waals surface area contributed by atoms with E-state index in [0.717, 1.165) is 33.2 Å². The van der Waals surface area contributed by atoms with Gasteiger partial charge < -0.3 is 9.47 Å². The molecule has 0 saturated carbocycles. The topological polar surface area (TPSA) is 72.9 Å². The van der Waals surface area contributed by atoms with Crippen molar-refractivity contribution in [3.8, 4) is 5.75 Å². The minimum Gasteiger partial charge on any atom is -0.489 e. The maximum Gasteiger partial charge on any atom is 0.328 e. The number of esters is 1. The highest BCUT2D eigenvalue weighted by Gasteiger charge is 2.41. The van der Waals surface area contributed by atoms with E-state index < -0.39 is 23.2 Å². The first kappa shape index (κ1) is 21.6. The van der Waals surface area contributed by atoms with Gasteiger partial charge in [-0.25, -0.2) is 4.79 Å². The fourth-order valence-corrected chi connectivity index (χ4v) is 4.39. The molecular weight excluding hydrogens is 426 g/mol. The SMILES string of the molecule is COC(=O)[C@H](C)N1C(=O)S/C(=C/c2ccc(OCc3cccc4ccccc34)cc2)C1=O. The van der Waals surface area contributed by atoms with E-state index in [-0.39, 0.29) is 4.91 Å². The molecule has 162 valence electrons. The quantitative estimate of drug-likeness (QED) is 0.390. The fraction of sp³-hybridized carbons (Fsp3) is 0.160. The number of rotatable bonds is 6. The summed E-state index contributed by atoms with van der Waals surface area (Å²) in [7, 11) is 1.22. The van der Waals surface area contributed by atoms with Crippen molar-refractivity contribution in [2.24, 2.45) is 0 Å². The molecule has 0 aliphatic carbocycles. The number of imide groups is 1. The highest BCUT2D eigenvalue weighted by atomic mass is 32.2. The van der Waals surface area contributed by atoms with Crippen LogP contribution in [0.3, 0.4) is 0 Å². The summed E-state index contributed by atoms with van der Waals surface area (Å²) in [5, 5.41) is 1.83. The van der Waals surface area contributed by atoms with E-state index >= 15 is 0 Å². The number of amides is 2. The van der Waals surface area contributed by atoms with E-state index in [1.165, 1.54) is 19.4 Å². The second kappa shape index (κ2) is 9.28. The zero-order valence-corrected chi connectivity index (χ0v) is 18.4. The normalized spacial score (nSPS) is 15.9. The number of methoxy groups -OCH3 is 1. The molecule has 1 saturated heterocycles. The van der Waals surface area contributed by atoms with Crippen LogP contribution in [0.2, 0.25) is 0 Å². The molecular formula is C25H21NO5S. The maximum atomic E-state index is 12.6. The average molecular weight is 448 g/mol. The van der Waals surface area contributed by atoms with Gasteiger partial charge in [0.15, 0.2) is 0 Å². The second-order valence-electron chi connectivity index (χ2n) is 7.25. The molecule has 2 amide bonds. The Morgan fingerprint density at radius 3 is 2.50 bits per heavy atom. The van der Waals surface area contributed by atoms with E-state index in [9.17, 15) is 14.4 Å². The third kappa shape index (κ3) is 4.38. The molecule has 1 aliphatic heterocycles. The van der Waals surface area contributed by atoms with E-state index in [0.29, 0.717) is 12.4 Å². The number of fused-ring (bicyclic) bond motifs is 1. The summed E-state index contributed by atoms with van der Waals surface area (Å²) < 4.78 is 10.6. The fourth-order valence-electron chi connectivity index (χ4n) is 3.48. The van der Waals surface area contributed by atoms with E-state index in [1.807, 2.05) is 48.5 Å². The number of carbonyl (C=O) groups excluding carboxylic acids is 3. The smallest absolute Gasteiger partial charge is 0.328 e. The molecule has 1 atom stereocenters. The number of ether oxygens (including phenoxy) is 2. The standard InChI is InChI=1S/C25H21NO5S/c1-16(24(28)30-2)26-23(27)22(32-25(26)29)14-17-10-12-20(13-11-17)31-15-19-8-5-7-18-6-3-4-9-21(18)19/h3-14,16H,15H2,1-2H3/b22-14+/t16-/m0/s1. The largest absolute Gasteiger partial charge is 0.489 e. The maximum absolute atomic E-state index is 12.6. The van der Waals surface area contributed by atoms with Crippen LogP contribution in [0.5, 0.6) is 5.75 Å². The molecule has 3 aromatic carbocycles. The van der Waals surface area contributed by atoms with Crippen molar-refractivity contribution in [1.82, 2.24) is 4.90 Å². The Balaban J connectivity index is 1.45. The zero-order chi connectivity index (χ0) is 22.7. The summed E-state index contributed by atoms with van der Waals surface area (Å²) in [5.74, 6) is -0.446. The first-order valence-corrected chi connectivity index (χ1v) is 10.8. The second-order valence-corrected chi connectivity index (χ2v) is 8.24. The highest BCUT2D eigenvalue weighted by Crippen LogP contribution is 2.34. The molecule has 6 nitrogen and oxygen atoms in total. The average Bonchev–Trinajstić information content (AvgIpc) is 3.10. The Bertz CT molecular complexity index is 1210. The van der Waals surface area contributed by atoms with Gasteiger partial charge in [-0.15, -0.1) is 0 Å². The van der Waals surface area contributed by atoms with Crippen molar-refractivity contribution in [3.05, 3.63) is 82.8 Å². The Morgan fingerprint density at radius 2 is 1.75 bits per heavy atom. The summed E-state index contributed by atoms with van der Waals surface area (Å²) in [5.41, 5.74) is 1.85. The Hall–Kier alpha value is -3.58. The minimum atomic E-state index is -0.969. The van der Waals surface area contributed by atoms with E-state index in [1.54, 1.807) is 6.08 Å². The molecule has 7 heteroatoms. The van der Waals surface area contributed by atoms with Crippen LogP contribution >= 0.6 is 11.8 Å². The molecule has 0 aromatic heterocycles. The third-order valence-corrected chi connectivity index (χ3v) is 6.09. The van der Waals surface area contributed by atoms with E-state index in [4.69, 9.17) is 4.74 Å². The zero-order valence-electron chi connectivity index (χ0n) is 17.6. The van der Waals surface area contributed by atoms with Gasteiger partial charge in [0, 0.05) is 0 Å². The van der Waals surface area contributed by atoms with Crippen LogP contribution in [0.15, 0.2) is 71.6 Å². The molecule has 4 rings (SSSR count). The van der Waals surface area contributed by atoms with Crippen LogP contribution in [0.25, 0.3) is 16.8 Å². The van der Waals surface area contributed by atoms with Crippen LogP contribution in [-0.2, 0) is 20.9 Å². The van der Waals surface area contributed by atoms with Gasteiger partial charge in [-0.05, 0) is 58.8 Å². The van der Waals surface area contributed by atoms with Gasteiger partial charge in [-0.3, -0.25) is 14.5 Å². The Labute approximate surface area is 189 Å². The monoisotopic (exact) mass is 447 g/mol. The third-order valence-electron chi connectivity index (χ3n) is 5.21. The summed E-state index contributed by atoms with van der Waals surface area (Å²) in [6.07, 6.45) is 1.63. The molecule has 3 aromatic rings. The summed E-state index contributed by atoms with van der Waals surface area (Å²) >= 11 is 0.805. The van der Waals surface area contributed by atoms with Crippen LogP contribution in [0.4, 0.5) is 4.79 Å². The van der Waals surface area contributed by atoms with Crippen molar-refractivity contribution in [2.45, 2.75) is 19.6 Å². The number of carbonyl (C=O) groups is 3. The number of nitrogens with zero attached hydrogens (tertiary/aromatic N) is 1. The Kier molecular flexibility index (Phi) is 6.28. The minimum absolute atomic E-state index is 0.259. The van der Waals surface area contributed by atoms with E-state index in [2.05, 4.69) is 22.9 Å². The van der Waals surface area contributed by atoms with Gasteiger partial charge in [0.25, 0.3) is 11.1 Å². The molecule has 1 fully saturated rings. The van der Waals surface area contributed by atoms with Crippen molar-refractivity contribution in [2.75, 3.05) is 7.11 Å². The van der Waals surface area contributed by atoms with Gasteiger partial charge in [0.05, 0.1) is 12.0 Å². The predicted octanol–water partition coefficient (Wildman–Crippen LogP) is 5.02.